The number of aromatic nitrogens is 4. The van der Waals surface area contributed by atoms with E-state index in [1.807, 2.05) is 60.7 Å². The highest BCUT2D eigenvalue weighted by atomic mass is 16.1. The minimum atomic E-state index is -0.571. The normalized spacial score (nSPS) is 22.3. The smallest absolute Gasteiger partial charge is 0.252 e. The molecule has 0 atom stereocenters. The van der Waals surface area contributed by atoms with Crippen LogP contribution in [-0.2, 0) is 5.54 Å². The van der Waals surface area contributed by atoms with E-state index in [0.717, 1.165) is 31.4 Å². The molecule has 1 amide bonds. The summed E-state index contributed by atoms with van der Waals surface area (Å²) >= 11 is 0. The molecule has 27 heavy (non-hydrogen) atoms. The van der Waals surface area contributed by atoms with Crippen molar-refractivity contribution in [1.82, 2.24) is 25.5 Å². The summed E-state index contributed by atoms with van der Waals surface area (Å²) in [7, 11) is 0. The fourth-order valence-corrected chi connectivity index (χ4v) is 3.77. The fourth-order valence-electron chi connectivity index (χ4n) is 3.77. The number of carbonyl (C=O) groups excluding carboxylic acids is 1. The second-order valence-electron chi connectivity index (χ2n) is 7.33. The van der Waals surface area contributed by atoms with Crippen LogP contribution < -0.4 is 5.32 Å². The lowest BCUT2D eigenvalue weighted by atomic mass is 9.76. The zero-order valence-electron chi connectivity index (χ0n) is 15.4. The summed E-state index contributed by atoms with van der Waals surface area (Å²) in [6.07, 6.45) is 3.69. The summed E-state index contributed by atoms with van der Waals surface area (Å²) in [5, 5.41) is 15.8. The number of tetrazole rings is 1. The average Bonchev–Trinajstić information content (AvgIpc) is 3.22. The molecule has 1 N–H and O–H groups in total. The molecule has 1 heterocycles. The zero-order chi connectivity index (χ0) is 18.7. The van der Waals surface area contributed by atoms with E-state index in [9.17, 15) is 4.79 Å². The van der Waals surface area contributed by atoms with Gasteiger partial charge in [-0.15, -0.1) is 5.10 Å². The molecule has 6 heteroatoms. The average molecular weight is 361 g/mol. The van der Waals surface area contributed by atoms with E-state index >= 15 is 0 Å². The van der Waals surface area contributed by atoms with Gasteiger partial charge in [0, 0.05) is 5.56 Å². The number of hydrogen-bond acceptors (Lipinski definition) is 4. The standard InChI is InChI=1S/C21H23N5O/c1-16-12-14-21(15-13-16,22-19(27)17-8-4-2-5-9-17)20-23-24-25-26(20)18-10-6-3-7-11-18/h2-11,16H,12-15H2,1H3,(H,22,27). The number of carbonyl (C=O) groups is 1. The van der Waals surface area contributed by atoms with Crippen LogP contribution in [0.4, 0.5) is 0 Å². The minimum Gasteiger partial charge on any atom is -0.339 e. The number of rotatable bonds is 4. The molecule has 6 nitrogen and oxygen atoms in total. The van der Waals surface area contributed by atoms with E-state index in [-0.39, 0.29) is 5.91 Å². The van der Waals surface area contributed by atoms with E-state index in [0.29, 0.717) is 17.3 Å². The maximum Gasteiger partial charge on any atom is 0.252 e. The Labute approximate surface area is 158 Å². The molecule has 0 saturated heterocycles. The van der Waals surface area contributed by atoms with Gasteiger partial charge in [0.2, 0.25) is 0 Å². The third-order valence-corrected chi connectivity index (χ3v) is 5.41. The summed E-state index contributed by atoms with van der Waals surface area (Å²) < 4.78 is 1.75. The summed E-state index contributed by atoms with van der Waals surface area (Å²) in [5.41, 5.74) is 0.970. The Morgan fingerprint density at radius 1 is 1.04 bits per heavy atom. The monoisotopic (exact) mass is 361 g/mol. The maximum absolute atomic E-state index is 13.0. The van der Waals surface area contributed by atoms with Gasteiger partial charge < -0.3 is 5.32 Å². The van der Waals surface area contributed by atoms with Crippen molar-refractivity contribution in [2.45, 2.75) is 38.1 Å². The van der Waals surface area contributed by atoms with Crippen molar-refractivity contribution in [3.8, 4) is 5.69 Å². The molecule has 4 rings (SSSR count). The van der Waals surface area contributed by atoms with Gasteiger partial charge in [-0.3, -0.25) is 4.79 Å². The van der Waals surface area contributed by atoms with Gasteiger partial charge in [-0.05, 0) is 66.3 Å². The van der Waals surface area contributed by atoms with E-state index in [1.165, 1.54) is 0 Å². The molecule has 0 unspecified atom stereocenters. The lowest BCUT2D eigenvalue weighted by molar-refractivity contribution is 0.0836. The summed E-state index contributed by atoms with van der Waals surface area (Å²) in [6.45, 7) is 2.25. The van der Waals surface area contributed by atoms with Crippen molar-refractivity contribution < 1.29 is 4.79 Å². The molecular formula is C21H23N5O. The lowest BCUT2D eigenvalue weighted by Gasteiger charge is -2.38. The van der Waals surface area contributed by atoms with Crippen molar-refractivity contribution >= 4 is 5.91 Å². The van der Waals surface area contributed by atoms with Crippen LogP contribution in [0.3, 0.4) is 0 Å². The van der Waals surface area contributed by atoms with Crippen LogP contribution in [0, 0.1) is 5.92 Å². The first kappa shape index (κ1) is 17.4. The van der Waals surface area contributed by atoms with Crippen LogP contribution in [0.5, 0.6) is 0 Å². The predicted molar refractivity (Wildman–Crippen MR) is 102 cm³/mol. The summed E-state index contributed by atoms with van der Waals surface area (Å²) in [6, 6.07) is 19.1. The van der Waals surface area contributed by atoms with E-state index in [4.69, 9.17) is 0 Å². The molecular weight excluding hydrogens is 338 g/mol. The Morgan fingerprint density at radius 2 is 1.67 bits per heavy atom. The van der Waals surface area contributed by atoms with Crippen LogP contribution in [-0.4, -0.2) is 26.1 Å². The molecule has 0 bridgehead atoms. The Hall–Kier alpha value is -3.02. The molecule has 1 fully saturated rings. The van der Waals surface area contributed by atoms with Gasteiger partial charge in [-0.1, -0.05) is 43.3 Å². The van der Waals surface area contributed by atoms with Crippen LogP contribution in [0.25, 0.3) is 5.69 Å². The largest absolute Gasteiger partial charge is 0.339 e. The van der Waals surface area contributed by atoms with Crippen molar-refractivity contribution in [2.24, 2.45) is 5.92 Å². The first-order valence-electron chi connectivity index (χ1n) is 9.40. The maximum atomic E-state index is 13.0. The second kappa shape index (κ2) is 7.31. The van der Waals surface area contributed by atoms with Crippen molar-refractivity contribution in [3.05, 3.63) is 72.1 Å². The number of nitrogens with one attached hydrogen (secondary N) is 1. The summed E-state index contributed by atoms with van der Waals surface area (Å²) in [4.78, 5) is 13.0. The van der Waals surface area contributed by atoms with Crippen LogP contribution in [0.2, 0.25) is 0 Å². The van der Waals surface area contributed by atoms with Gasteiger partial charge in [-0.25, -0.2) is 0 Å². The number of hydrogen-bond donors (Lipinski definition) is 1. The molecule has 0 radical (unpaired) electrons. The number of benzene rings is 2. The van der Waals surface area contributed by atoms with E-state index in [1.54, 1.807) is 4.68 Å². The second-order valence-corrected chi connectivity index (χ2v) is 7.33. The molecule has 1 aliphatic carbocycles. The topological polar surface area (TPSA) is 72.7 Å². The van der Waals surface area contributed by atoms with E-state index in [2.05, 4.69) is 27.8 Å². The number of para-hydroxylation sites is 1. The quantitative estimate of drug-likeness (QED) is 0.772. The molecule has 2 aromatic carbocycles. The van der Waals surface area contributed by atoms with Gasteiger partial charge in [-0.2, -0.15) is 4.68 Å². The molecule has 1 saturated carbocycles. The zero-order valence-corrected chi connectivity index (χ0v) is 15.4. The lowest BCUT2D eigenvalue weighted by Crippen LogP contribution is -2.49. The number of amides is 1. The Balaban J connectivity index is 1.72. The molecule has 1 aliphatic rings. The highest BCUT2D eigenvalue weighted by Crippen LogP contribution is 2.39. The van der Waals surface area contributed by atoms with Gasteiger partial charge in [0.05, 0.1) is 5.69 Å². The van der Waals surface area contributed by atoms with Crippen molar-refractivity contribution in [1.29, 1.82) is 0 Å². The van der Waals surface area contributed by atoms with Crippen LogP contribution >= 0.6 is 0 Å². The van der Waals surface area contributed by atoms with Gasteiger partial charge in [0.1, 0.15) is 5.54 Å². The van der Waals surface area contributed by atoms with Gasteiger partial charge in [0.25, 0.3) is 5.91 Å². The first-order valence-corrected chi connectivity index (χ1v) is 9.40. The molecule has 1 aromatic heterocycles. The molecule has 0 aliphatic heterocycles. The Bertz CT molecular complexity index is 899. The van der Waals surface area contributed by atoms with Gasteiger partial charge >= 0.3 is 0 Å². The Morgan fingerprint density at radius 3 is 2.33 bits per heavy atom. The first-order chi connectivity index (χ1) is 13.2. The number of nitrogens with zero attached hydrogens (tertiary/aromatic N) is 4. The van der Waals surface area contributed by atoms with Crippen LogP contribution in [0.1, 0.15) is 48.8 Å². The molecule has 0 spiro atoms. The van der Waals surface area contributed by atoms with E-state index < -0.39 is 5.54 Å². The highest BCUT2D eigenvalue weighted by molar-refractivity contribution is 5.94. The third kappa shape index (κ3) is 3.47. The predicted octanol–water partition coefficient (Wildman–Crippen LogP) is 3.50. The minimum absolute atomic E-state index is 0.0900. The SMILES string of the molecule is CC1CCC(NC(=O)c2ccccc2)(c2nnnn2-c2ccccc2)CC1. The van der Waals surface area contributed by atoms with Gasteiger partial charge in [0.15, 0.2) is 5.82 Å². The molecule has 138 valence electrons. The fraction of sp³-hybridized carbons (Fsp3) is 0.333. The van der Waals surface area contributed by atoms with Crippen molar-refractivity contribution in [2.75, 3.05) is 0 Å². The molecule has 3 aromatic rings. The summed E-state index contributed by atoms with van der Waals surface area (Å²) in [5.74, 6) is 1.24. The van der Waals surface area contributed by atoms with Crippen LogP contribution in [0.15, 0.2) is 60.7 Å². The Kier molecular flexibility index (Phi) is 4.71. The third-order valence-electron chi connectivity index (χ3n) is 5.41. The highest BCUT2D eigenvalue weighted by Gasteiger charge is 2.42. The van der Waals surface area contributed by atoms with Crippen molar-refractivity contribution in [3.63, 3.8) is 0 Å².